The lowest BCUT2D eigenvalue weighted by Gasteiger charge is -2.16. The average Bonchev–Trinajstić information content (AvgIpc) is 1.80. The van der Waals surface area contributed by atoms with Crippen molar-refractivity contribution in [2.24, 2.45) is 0 Å². The highest BCUT2D eigenvalue weighted by atomic mass is 16.7. The Bertz CT molecular complexity index is 140. The minimum absolute atomic E-state index is 0.611. The molecule has 0 aromatic heterocycles. The standard InChI is InChI=1S/C5H11NO5/c1-3(4(7)8)6-2-5(9,10)11/h3,6,9-11H,2H2,1H3,(H,7,8)/t3-/m0/s1. The highest BCUT2D eigenvalue weighted by Crippen LogP contribution is 1.90. The topological polar surface area (TPSA) is 110 Å². The molecule has 0 saturated heterocycles. The summed E-state index contributed by atoms with van der Waals surface area (Å²) in [5, 5.41) is 35.4. The summed E-state index contributed by atoms with van der Waals surface area (Å²) in [6.07, 6.45) is 0. The molecule has 0 amide bonds. The van der Waals surface area contributed by atoms with Gasteiger partial charge in [-0.15, -0.1) is 0 Å². The molecule has 0 saturated carbocycles. The van der Waals surface area contributed by atoms with Crippen molar-refractivity contribution in [2.45, 2.75) is 18.9 Å². The molecule has 0 aliphatic rings. The zero-order valence-electron chi connectivity index (χ0n) is 5.98. The van der Waals surface area contributed by atoms with E-state index in [1.54, 1.807) is 0 Å². The van der Waals surface area contributed by atoms with Gasteiger partial charge in [0.15, 0.2) is 0 Å². The third-order valence-corrected chi connectivity index (χ3v) is 1.02. The van der Waals surface area contributed by atoms with Crippen LogP contribution in [-0.2, 0) is 4.79 Å². The summed E-state index contributed by atoms with van der Waals surface area (Å²) in [6, 6.07) is -0.930. The van der Waals surface area contributed by atoms with Gasteiger partial charge in [0, 0.05) is 0 Å². The minimum Gasteiger partial charge on any atom is -0.480 e. The van der Waals surface area contributed by atoms with Crippen LogP contribution in [0.5, 0.6) is 0 Å². The number of hydrogen-bond acceptors (Lipinski definition) is 5. The van der Waals surface area contributed by atoms with Crippen molar-refractivity contribution >= 4 is 5.97 Å². The van der Waals surface area contributed by atoms with Crippen LogP contribution in [0.25, 0.3) is 0 Å². The first-order valence-electron chi connectivity index (χ1n) is 2.96. The molecule has 0 radical (unpaired) electrons. The van der Waals surface area contributed by atoms with E-state index in [2.05, 4.69) is 5.32 Å². The lowest BCUT2D eigenvalue weighted by Crippen LogP contribution is -2.45. The van der Waals surface area contributed by atoms with Gasteiger partial charge in [-0.3, -0.25) is 10.1 Å². The Hall–Kier alpha value is -0.690. The fraction of sp³-hybridized carbons (Fsp3) is 0.800. The van der Waals surface area contributed by atoms with Gasteiger partial charge in [-0.1, -0.05) is 0 Å². The van der Waals surface area contributed by atoms with E-state index in [4.69, 9.17) is 20.4 Å². The maximum Gasteiger partial charge on any atom is 0.320 e. The Labute approximate surface area is 63.1 Å². The lowest BCUT2D eigenvalue weighted by atomic mass is 10.3. The molecule has 0 rings (SSSR count). The Kier molecular flexibility index (Phi) is 3.40. The lowest BCUT2D eigenvalue weighted by molar-refractivity contribution is -0.306. The summed E-state index contributed by atoms with van der Waals surface area (Å²) in [7, 11) is 0. The zero-order chi connectivity index (χ0) is 9.07. The fourth-order valence-corrected chi connectivity index (χ4v) is 0.377. The summed E-state index contributed by atoms with van der Waals surface area (Å²) in [5.41, 5.74) is 0. The first kappa shape index (κ1) is 10.3. The van der Waals surface area contributed by atoms with E-state index in [1.807, 2.05) is 0 Å². The molecule has 0 unspecified atom stereocenters. The zero-order valence-corrected chi connectivity index (χ0v) is 5.98. The molecule has 66 valence electrons. The fourth-order valence-electron chi connectivity index (χ4n) is 0.377. The average molecular weight is 165 g/mol. The van der Waals surface area contributed by atoms with Gasteiger partial charge in [-0.2, -0.15) is 0 Å². The van der Waals surface area contributed by atoms with Crippen LogP contribution in [0.1, 0.15) is 6.92 Å². The van der Waals surface area contributed by atoms with Gasteiger partial charge in [0.25, 0.3) is 5.97 Å². The van der Waals surface area contributed by atoms with E-state index in [0.29, 0.717) is 0 Å². The van der Waals surface area contributed by atoms with Gasteiger partial charge in [0.05, 0.1) is 6.54 Å². The van der Waals surface area contributed by atoms with Gasteiger partial charge in [-0.05, 0) is 6.92 Å². The van der Waals surface area contributed by atoms with E-state index >= 15 is 0 Å². The van der Waals surface area contributed by atoms with Gasteiger partial charge >= 0.3 is 5.97 Å². The van der Waals surface area contributed by atoms with Crippen LogP contribution in [0.4, 0.5) is 0 Å². The normalized spacial score (nSPS) is 14.5. The van der Waals surface area contributed by atoms with Gasteiger partial charge in [0.2, 0.25) is 0 Å². The van der Waals surface area contributed by atoms with E-state index in [-0.39, 0.29) is 0 Å². The van der Waals surface area contributed by atoms with Crippen molar-refractivity contribution in [1.82, 2.24) is 5.32 Å². The van der Waals surface area contributed by atoms with Crippen LogP contribution in [0.15, 0.2) is 0 Å². The Balaban J connectivity index is 3.63. The summed E-state index contributed by atoms with van der Waals surface area (Å²) in [4.78, 5) is 10.1. The molecule has 0 heterocycles. The number of aliphatic carboxylic acids is 1. The number of hydrogen-bond donors (Lipinski definition) is 5. The maximum absolute atomic E-state index is 10.1. The molecule has 0 fully saturated rings. The molecular formula is C5H11NO5. The molecule has 0 bridgehead atoms. The van der Waals surface area contributed by atoms with Crippen molar-refractivity contribution in [1.29, 1.82) is 0 Å². The van der Waals surface area contributed by atoms with Gasteiger partial charge in [-0.25, -0.2) is 0 Å². The largest absolute Gasteiger partial charge is 0.480 e. The van der Waals surface area contributed by atoms with E-state index < -0.39 is 24.5 Å². The monoisotopic (exact) mass is 165 g/mol. The third kappa shape index (κ3) is 5.74. The number of carbonyl (C=O) groups is 1. The smallest absolute Gasteiger partial charge is 0.320 e. The SMILES string of the molecule is C[C@H](NCC(O)(O)O)C(=O)O. The van der Waals surface area contributed by atoms with E-state index in [9.17, 15) is 4.79 Å². The number of carboxylic acids is 1. The van der Waals surface area contributed by atoms with Crippen molar-refractivity contribution < 1.29 is 25.2 Å². The van der Waals surface area contributed by atoms with Crippen LogP contribution in [0, 0.1) is 0 Å². The molecule has 5 N–H and O–H groups in total. The Morgan fingerprint density at radius 3 is 2.27 bits per heavy atom. The Morgan fingerprint density at radius 2 is 2.00 bits per heavy atom. The predicted molar refractivity (Wildman–Crippen MR) is 34.5 cm³/mol. The molecule has 11 heavy (non-hydrogen) atoms. The highest BCUT2D eigenvalue weighted by molar-refractivity contribution is 5.72. The first-order valence-corrected chi connectivity index (χ1v) is 2.96. The van der Waals surface area contributed by atoms with Crippen LogP contribution in [0.3, 0.4) is 0 Å². The highest BCUT2D eigenvalue weighted by Gasteiger charge is 2.20. The van der Waals surface area contributed by atoms with Crippen LogP contribution in [-0.4, -0.2) is 45.0 Å². The number of rotatable bonds is 4. The van der Waals surface area contributed by atoms with E-state index in [1.165, 1.54) is 6.92 Å². The minimum atomic E-state index is -2.86. The molecule has 1 atom stereocenters. The summed E-state index contributed by atoms with van der Waals surface area (Å²) in [5.74, 6) is -3.99. The summed E-state index contributed by atoms with van der Waals surface area (Å²) in [6.45, 7) is 0.703. The van der Waals surface area contributed by atoms with Crippen molar-refractivity contribution in [3.05, 3.63) is 0 Å². The van der Waals surface area contributed by atoms with Crippen LogP contribution < -0.4 is 5.32 Å². The second kappa shape index (κ2) is 3.63. The van der Waals surface area contributed by atoms with Crippen molar-refractivity contribution in [3.63, 3.8) is 0 Å². The molecule has 0 aromatic carbocycles. The van der Waals surface area contributed by atoms with Crippen molar-refractivity contribution in [3.8, 4) is 0 Å². The molecular weight excluding hydrogens is 154 g/mol. The van der Waals surface area contributed by atoms with Gasteiger partial charge < -0.3 is 20.4 Å². The number of carboxylic acid groups (broad SMARTS) is 1. The molecule has 0 aliphatic carbocycles. The van der Waals surface area contributed by atoms with Crippen LogP contribution in [0.2, 0.25) is 0 Å². The predicted octanol–water partition coefficient (Wildman–Crippen LogP) is -2.32. The Morgan fingerprint density at radius 1 is 1.55 bits per heavy atom. The molecule has 0 aromatic rings. The van der Waals surface area contributed by atoms with E-state index in [0.717, 1.165) is 0 Å². The molecule has 6 nitrogen and oxygen atoms in total. The van der Waals surface area contributed by atoms with Crippen LogP contribution >= 0.6 is 0 Å². The third-order valence-electron chi connectivity index (χ3n) is 1.02. The molecule has 0 aliphatic heterocycles. The van der Waals surface area contributed by atoms with Crippen molar-refractivity contribution in [2.75, 3.05) is 6.54 Å². The second-order valence-corrected chi connectivity index (χ2v) is 2.22. The quantitative estimate of drug-likeness (QED) is 0.299. The summed E-state index contributed by atoms with van der Waals surface area (Å²) >= 11 is 0. The maximum atomic E-state index is 10.1. The molecule has 0 spiro atoms. The first-order chi connectivity index (χ1) is 4.83. The van der Waals surface area contributed by atoms with Gasteiger partial charge in [0.1, 0.15) is 6.04 Å². The molecule has 6 heteroatoms. The summed E-state index contributed by atoms with van der Waals surface area (Å²) < 4.78 is 0. The second-order valence-electron chi connectivity index (χ2n) is 2.22. The number of aliphatic hydroxyl groups is 3. The number of nitrogens with one attached hydrogen (secondary N) is 1.